The molecule has 0 aromatic carbocycles. The fraction of sp³-hybridized carbons (Fsp3) is 0.500. The summed E-state index contributed by atoms with van der Waals surface area (Å²) in [4.78, 5) is 50.6. The predicted octanol–water partition coefficient (Wildman–Crippen LogP) is -1.15. The number of ether oxygens (including phenoxy) is 4. The van der Waals surface area contributed by atoms with Gasteiger partial charge in [-0.2, -0.15) is 0 Å². The van der Waals surface area contributed by atoms with Crippen LogP contribution in [0.2, 0.25) is 0 Å². The minimum Gasteiger partial charge on any atom is -0.463 e. The van der Waals surface area contributed by atoms with Gasteiger partial charge in [0.15, 0.2) is 24.1 Å². The molecule has 0 aliphatic carbocycles. The van der Waals surface area contributed by atoms with Gasteiger partial charge in [0, 0.05) is 33.2 Å². The second-order valence-corrected chi connectivity index (χ2v) is 5.92. The molecule has 152 valence electrons. The zero-order chi connectivity index (χ0) is 21.0. The second-order valence-electron chi connectivity index (χ2n) is 5.92. The average Bonchev–Trinajstić information content (AvgIpc) is 2.89. The first-order chi connectivity index (χ1) is 13.1. The van der Waals surface area contributed by atoms with Gasteiger partial charge in [-0.3, -0.25) is 29.2 Å². The number of esters is 3. The molecule has 3 N–H and O–H groups in total. The largest absolute Gasteiger partial charge is 0.463 e. The van der Waals surface area contributed by atoms with E-state index in [1.54, 1.807) is 0 Å². The van der Waals surface area contributed by atoms with Crippen LogP contribution < -0.4 is 11.3 Å². The Labute approximate surface area is 159 Å². The number of nitrogens with one attached hydrogen (secondary N) is 1. The van der Waals surface area contributed by atoms with Crippen molar-refractivity contribution in [3.8, 4) is 0 Å². The summed E-state index contributed by atoms with van der Waals surface area (Å²) in [6.07, 6.45) is -2.15. The summed E-state index contributed by atoms with van der Waals surface area (Å²) in [6.45, 7) is 3.16. The Hall–Kier alpha value is -3.28. The van der Waals surface area contributed by atoms with Crippen molar-refractivity contribution in [2.45, 2.75) is 45.3 Å². The average molecular weight is 396 g/mol. The SMILES string of the molecule is CC(=O)OCC1OC(n2ccnc(C(=N)N)c2=O)C(OC(C)=O)C1OC(C)=O. The Morgan fingerprint density at radius 1 is 1.18 bits per heavy atom. The molecular formula is C16H20N4O8. The van der Waals surface area contributed by atoms with Crippen LogP contribution in [-0.2, 0) is 33.3 Å². The number of rotatable bonds is 6. The predicted molar refractivity (Wildman–Crippen MR) is 91.2 cm³/mol. The normalized spacial score (nSPS) is 23.7. The number of hydrogen-bond donors (Lipinski definition) is 2. The Bertz CT molecular complexity index is 851. The van der Waals surface area contributed by atoms with Crippen molar-refractivity contribution in [1.82, 2.24) is 9.55 Å². The lowest BCUT2D eigenvalue weighted by molar-refractivity contribution is -0.166. The van der Waals surface area contributed by atoms with Gasteiger partial charge in [0.25, 0.3) is 5.56 Å². The highest BCUT2D eigenvalue weighted by atomic mass is 16.7. The van der Waals surface area contributed by atoms with Gasteiger partial charge in [-0.05, 0) is 0 Å². The number of nitrogens with two attached hydrogens (primary N) is 1. The molecule has 4 unspecified atom stereocenters. The van der Waals surface area contributed by atoms with Crippen molar-refractivity contribution in [3.05, 3.63) is 28.4 Å². The Balaban J connectivity index is 2.48. The molecule has 12 nitrogen and oxygen atoms in total. The molecular weight excluding hydrogens is 376 g/mol. The molecule has 0 amide bonds. The summed E-state index contributed by atoms with van der Waals surface area (Å²) in [6, 6.07) is 0. The molecule has 1 aliphatic heterocycles. The molecule has 1 aliphatic rings. The van der Waals surface area contributed by atoms with E-state index in [-0.39, 0.29) is 12.3 Å². The van der Waals surface area contributed by atoms with Crippen LogP contribution in [0.5, 0.6) is 0 Å². The van der Waals surface area contributed by atoms with Gasteiger partial charge in [-0.1, -0.05) is 0 Å². The summed E-state index contributed by atoms with van der Waals surface area (Å²) in [5.41, 5.74) is 4.25. The zero-order valence-corrected chi connectivity index (χ0v) is 15.4. The molecule has 2 rings (SSSR count). The number of aromatic nitrogens is 2. The van der Waals surface area contributed by atoms with Crippen molar-refractivity contribution < 1.29 is 33.3 Å². The van der Waals surface area contributed by atoms with E-state index in [0.717, 1.165) is 18.4 Å². The van der Waals surface area contributed by atoms with Crippen molar-refractivity contribution in [2.75, 3.05) is 6.61 Å². The van der Waals surface area contributed by atoms with E-state index in [2.05, 4.69) is 4.98 Å². The molecule has 0 saturated carbocycles. The summed E-state index contributed by atoms with van der Waals surface area (Å²) >= 11 is 0. The first-order valence-corrected chi connectivity index (χ1v) is 8.16. The van der Waals surface area contributed by atoms with E-state index in [4.69, 9.17) is 30.1 Å². The van der Waals surface area contributed by atoms with Crippen LogP contribution >= 0.6 is 0 Å². The van der Waals surface area contributed by atoms with E-state index in [9.17, 15) is 19.2 Å². The second kappa shape index (κ2) is 8.61. The smallest absolute Gasteiger partial charge is 0.303 e. The molecule has 1 fully saturated rings. The number of carbonyl (C=O) groups excluding carboxylic acids is 3. The maximum absolute atomic E-state index is 12.6. The van der Waals surface area contributed by atoms with Gasteiger partial charge in [0.2, 0.25) is 0 Å². The third kappa shape index (κ3) is 4.71. The monoisotopic (exact) mass is 396 g/mol. The quantitative estimate of drug-likeness (QED) is 0.259. The molecule has 0 spiro atoms. The molecule has 4 atom stereocenters. The van der Waals surface area contributed by atoms with Crippen LogP contribution in [0.1, 0.15) is 32.7 Å². The highest BCUT2D eigenvalue weighted by Crippen LogP contribution is 2.33. The fourth-order valence-corrected chi connectivity index (χ4v) is 2.73. The Morgan fingerprint density at radius 3 is 2.32 bits per heavy atom. The van der Waals surface area contributed by atoms with Crippen molar-refractivity contribution in [3.63, 3.8) is 0 Å². The lowest BCUT2D eigenvalue weighted by atomic mass is 10.1. The fourth-order valence-electron chi connectivity index (χ4n) is 2.73. The molecule has 1 aromatic heterocycles. The Kier molecular flexibility index (Phi) is 6.46. The summed E-state index contributed by atoms with van der Waals surface area (Å²) in [7, 11) is 0. The van der Waals surface area contributed by atoms with Crippen molar-refractivity contribution in [1.29, 1.82) is 5.41 Å². The van der Waals surface area contributed by atoms with Crippen molar-refractivity contribution in [2.24, 2.45) is 5.73 Å². The standard InChI is InChI=1S/C16H20N4O8/c1-7(21)25-6-10-12(26-8(2)22)13(27-9(3)23)16(28-10)20-5-4-19-11(14(17)18)15(20)24/h4-5,10,12-13,16H,6H2,1-3H3,(H3,17,18). The Morgan fingerprint density at radius 2 is 1.79 bits per heavy atom. The number of nitrogen functional groups attached to an aromatic ring is 1. The molecule has 0 radical (unpaired) electrons. The third-order valence-electron chi connectivity index (χ3n) is 3.74. The van der Waals surface area contributed by atoms with Gasteiger partial charge in [-0.25, -0.2) is 4.98 Å². The van der Waals surface area contributed by atoms with Crippen LogP contribution in [0, 0.1) is 5.41 Å². The summed E-state index contributed by atoms with van der Waals surface area (Å²) < 4.78 is 22.1. The summed E-state index contributed by atoms with van der Waals surface area (Å²) in [5, 5.41) is 7.44. The minimum absolute atomic E-state index is 0.305. The lowest BCUT2D eigenvalue weighted by Gasteiger charge is -2.24. The number of nitrogens with zero attached hydrogens (tertiary/aromatic N) is 2. The van der Waals surface area contributed by atoms with Crippen LogP contribution in [0.3, 0.4) is 0 Å². The highest BCUT2D eigenvalue weighted by molar-refractivity contribution is 5.92. The van der Waals surface area contributed by atoms with E-state index in [1.807, 2.05) is 0 Å². The first kappa shape index (κ1) is 21.0. The van der Waals surface area contributed by atoms with Crippen LogP contribution in [0.4, 0.5) is 0 Å². The number of carbonyl (C=O) groups is 3. The highest BCUT2D eigenvalue weighted by Gasteiger charge is 2.50. The lowest BCUT2D eigenvalue weighted by Crippen LogP contribution is -2.42. The number of amidine groups is 1. The molecule has 2 heterocycles. The maximum atomic E-state index is 12.6. The molecule has 1 aromatic rings. The maximum Gasteiger partial charge on any atom is 0.303 e. The van der Waals surface area contributed by atoms with Gasteiger partial charge in [0.1, 0.15) is 18.5 Å². The summed E-state index contributed by atoms with van der Waals surface area (Å²) in [5.74, 6) is -2.56. The first-order valence-electron chi connectivity index (χ1n) is 8.16. The van der Waals surface area contributed by atoms with Crippen molar-refractivity contribution >= 4 is 23.7 Å². The van der Waals surface area contributed by atoms with Gasteiger partial charge < -0.3 is 24.7 Å². The van der Waals surface area contributed by atoms with Crippen LogP contribution in [-0.4, -0.2) is 58.2 Å². The van der Waals surface area contributed by atoms with Crippen LogP contribution in [0.15, 0.2) is 17.2 Å². The number of hydrogen-bond acceptors (Lipinski definition) is 10. The van der Waals surface area contributed by atoms with Gasteiger partial charge in [0.05, 0.1) is 0 Å². The van der Waals surface area contributed by atoms with E-state index in [1.165, 1.54) is 19.3 Å². The minimum atomic E-state index is -1.23. The van der Waals surface area contributed by atoms with Gasteiger partial charge >= 0.3 is 17.9 Å². The van der Waals surface area contributed by atoms with Crippen LogP contribution in [0.25, 0.3) is 0 Å². The van der Waals surface area contributed by atoms with E-state index < -0.39 is 53.8 Å². The third-order valence-corrected chi connectivity index (χ3v) is 3.74. The zero-order valence-electron chi connectivity index (χ0n) is 15.4. The van der Waals surface area contributed by atoms with Gasteiger partial charge in [-0.15, -0.1) is 0 Å². The van der Waals surface area contributed by atoms with E-state index in [0.29, 0.717) is 0 Å². The molecule has 12 heteroatoms. The molecule has 28 heavy (non-hydrogen) atoms. The molecule has 1 saturated heterocycles. The van der Waals surface area contributed by atoms with E-state index >= 15 is 0 Å². The topological polar surface area (TPSA) is 173 Å². The molecule has 0 bridgehead atoms.